The van der Waals surface area contributed by atoms with E-state index >= 15 is 0 Å². The summed E-state index contributed by atoms with van der Waals surface area (Å²) in [6.45, 7) is 2.50. The van der Waals surface area contributed by atoms with Crippen LogP contribution < -0.4 is 5.32 Å². The average molecular weight is 445 g/mol. The van der Waals surface area contributed by atoms with Crippen molar-refractivity contribution in [3.63, 3.8) is 0 Å². The second-order valence-corrected chi connectivity index (χ2v) is 8.42. The van der Waals surface area contributed by atoms with Gasteiger partial charge in [0.2, 0.25) is 5.91 Å². The topological polar surface area (TPSA) is 75.7 Å². The van der Waals surface area contributed by atoms with Crippen molar-refractivity contribution in [2.45, 2.75) is 38.2 Å². The number of unbranched alkanes of at least 4 members (excludes halogenated alkanes) is 1. The highest BCUT2D eigenvalue weighted by Gasteiger charge is 2.59. The molecular formula is C27H28N2O4. The van der Waals surface area contributed by atoms with Gasteiger partial charge in [0.1, 0.15) is 6.61 Å². The molecule has 1 spiro atoms. The van der Waals surface area contributed by atoms with E-state index in [2.05, 4.69) is 12.2 Å². The van der Waals surface area contributed by atoms with Crippen molar-refractivity contribution < 1.29 is 19.1 Å². The number of carbonyl (C=O) groups is 3. The summed E-state index contributed by atoms with van der Waals surface area (Å²) in [5, 5.41) is 2.39. The first kappa shape index (κ1) is 22.5. The molecule has 1 aliphatic heterocycles. The first-order valence-electron chi connectivity index (χ1n) is 11.3. The molecule has 0 bridgehead atoms. The molecule has 33 heavy (non-hydrogen) atoms. The highest BCUT2D eigenvalue weighted by molar-refractivity contribution is 6.24. The Morgan fingerprint density at radius 3 is 2.55 bits per heavy atom. The number of ether oxygens (including phenoxy) is 1. The van der Waals surface area contributed by atoms with E-state index in [4.69, 9.17) is 4.74 Å². The van der Waals surface area contributed by atoms with E-state index in [0.717, 1.165) is 40.9 Å². The minimum atomic E-state index is -1.57. The molecule has 2 aromatic rings. The standard InChI is InChI=1S/C27H28N2O4/c1-3-4-12-20-17-21(15-16-33-18-19-10-6-5-7-11-19)27(23-14-9-8-13-22(20)23)24(30)28-26(32)29(2)25(27)31/h5-11,13-17,21H,3-4,12,18H2,1-2H3,(H,28,30,32)/b16-15+. The summed E-state index contributed by atoms with van der Waals surface area (Å²) < 4.78 is 5.75. The van der Waals surface area contributed by atoms with E-state index in [1.807, 2.05) is 60.7 Å². The molecule has 1 saturated heterocycles. The molecule has 1 N–H and O–H groups in total. The van der Waals surface area contributed by atoms with Gasteiger partial charge < -0.3 is 4.74 Å². The number of amides is 4. The van der Waals surface area contributed by atoms with Crippen LogP contribution in [0.15, 0.2) is 73.0 Å². The Balaban J connectivity index is 1.76. The van der Waals surface area contributed by atoms with E-state index in [1.165, 1.54) is 7.05 Å². The van der Waals surface area contributed by atoms with Gasteiger partial charge >= 0.3 is 6.03 Å². The molecule has 0 radical (unpaired) electrons. The van der Waals surface area contributed by atoms with Crippen molar-refractivity contribution in [2.75, 3.05) is 7.05 Å². The summed E-state index contributed by atoms with van der Waals surface area (Å²) in [7, 11) is 1.40. The molecule has 1 aliphatic carbocycles. The van der Waals surface area contributed by atoms with Crippen LogP contribution in [-0.2, 0) is 26.3 Å². The van der Waals surface area contributed by atoms with Crippen LogP contribution in [0.4, 0.5) is 4.79 Å². The Hall–Kier alpha value is -3.67. The van der Waals surface area contributed by atoms with Crippen LogP contribution in [0.1, 0.15) is 42.9 Å². The highest BCUT2D eigenvalue weighted by atomic mass is 16.5. The van der Waals surface area contributed by atoms with Crippen LogP contribution in [0.3, 0.4) is 0 Å². The maximum atomic E-state index is 13.6. The van der Waals surface area contributed by atoms with Gasteiger partial charge in [-0.05, 0) is 41.2 Å². The monoisotopic (exact) mass is 444 g/mol. The molecule has 2 aliphatic rings. The number of nitrogens with one attached hydrogen (secondary N) is 1. The number of imide groups is 2. The minimum absolute atomic E-state index is 0.374. The molecular weight excluding hydrogens is 416 g/mol. The molecule has 0 aromatic heterocycles. The summed E-state index contributed by atoms with van der Waals surface area (Å²) >= 11 is 0. The van der Waals surface area contributed by atoms with Gasteiger partial charge in [-0.3, -0.25) is 19.8 Å². The Kier molecular flexibility index (Phi) is 6.45. The summed E-state index contributed by atoms with van der Waals surface area (Å²) in [4.78, 5) is 40.2. The summed E-state index contributed by atoms with van der Waals surface area (Å²) in [6.07, 6.45) is 8.16. The second kappa shape index (κ2) is 9.45. The number of carbonyl (C=O) groups excluding carboxylic acids is 3. The number of hydrogen-bond acceptors (Lipinski definition) is 4. The fourth-order valence-electron chi connectivity index (χ4n) is 4.63. The largest absolute Gasteiger partial charge is 0.497 e. The lowest BCUT2D eigenvalue weighted by molar-refractivity contribution is -0.146. The Morgan fingerprint density at radius 2 is 1.79 bits per heavy atom. The normalized spacial score (nSPS) is 22.4. The van der Waals surface area contributed by atoms with E-state index in [1.54, 1.807) is 12.3 Å². The molecule has 2 unspecified atom stereocenters. The Morgan fingerprint density at radius 1 is 1.06 bits per heavy atom. The third-order valence-corrected chi connectivity index (χ3v) is 6.38. The third-order valence-electron chi connectivity index (χ3n) is 6.38. The van der Waals surface area contributed by atoms with E-state index in [0.29, 0.717) is 12.2 Å². The number of rotatable bonds is 7. The quantitative estimate of drug-likeness (QED) is 0.502. The number of nitrogens with zero attached hydrogens (tertiary/aromatic N) is 1. The third kappa shape index (κ3) is 3.97. The molecule has 6 heteroatoms. The Labute approximate surface area is 193 Å². The zero-order chi connectivity index (χ0) is 23.4. The van der Waals surface area contributed by atoms with Crippen molar-refractivity contribution >= 4 is 23.4 Å². The zero-order valence-corrected chi connectivity index (χ0v) is 18.9. The van der Waals surface area contributed by atoms with Gasteiger partial charge in [0.25, 0.3) is 5.91 Å². The number of barbiturate groups is 1. The number of urea groups is 1. The SMILES string of the molecule is CCCCC1=CC(/C=C/OCc2ccccc2)C2(C(=O)NC(=O)N(C)C2=O)c2ccccc21. The van der Waals surface area contributed by atoms with Gasteiger partial charge in [-0.15, -0.1) is 0 Å². The molecule has 1 fully saturated rings. The number of hydrogen-bond donors (Lipinski definition) is 1. The number of benzene rings is 2. The highest BCUT2D eigenvalue weighted by Crippen LogP contribution is 2.47. The van der Waals surface area contributed by atoms with Crippen molar-refractivity contribution in [2.24, 2.45) is 5.92 Å². The Bertz CT molecular complexity index is 1120. The lowest BCUT2D eigenvalue weighted by Gasteiger charge is -2.44. The molecule has 0 saturated carbocycles. The minimum Gasteiger partial charge on any atom is -0.497 e. The van der Waals surface area contributed by atoms with E-state index in [9.17, 15) is 14.4 Å². The van der Waals surface area contributed by atoms with Gasteiger partial charge in [-0.1, -0.05) is 74.0 Å². The fraction of sp³-hybridized carbons (Fsp3) is 0.296. The first-order chi connectivity index (χ1) is 16.0. The second-order valence-electron chi connectivity index (χ2n) is 8.42. The van der Waals surface area contributed by atoms with Crippen LogP contribution in [0.2, 0.25) is 0 Å². The van der Waals surface area contributed by atoms with Crippen molar-refractivity contribution in [1.29, 1.82) is 0 Å². The van der Waals surface area contributed by atoms with Gasteiger partial charge in [0, 0.05) is 13.0 Å². The van der Waals surface area contributed by atoms with Crippen LogP contribution in [-0.4, -0.2) is 29.8 Å². The number of likely N-dealkylation sites (N-methyl/N-ethyl adjacent to an activating group) is 1. The maximum Gasteiger partial charge on any atom is 0.330 e. The van der Waals surface area contributed by atoms with E-state index in [-0.39, 0.29) is 0 Å². The molecule has 170 valence electrons. The predicted octanol–water partition coefficient (Wildman–Crippen LogP) is 4.57. The van der Waals surface area contributed by atoms with Crippen molar-refractivity contribution in [3.05, 3.63) is 89.7 Å². The number of fused-ring (bicyclic) bond motifs is 2. The lowest BCUT2D eigenvalue weighted by Crippen LogP contribution is -2.67. The van der Waals surface area contributed by atoms with Crippen LogP contribution in [0.25, 0.3) is 5.57 Å². The van der Waals surface area contributed by atoms with Gasteiger partial charge in [0.05, 0.1) is 6.26 Å². The van der Waals surface area contributed by atoms with Crippen LogP contribution in [0.5, 0.6) is 0 Å². The maximum absolute atomic E-state index is 13.6. The molecule has 6 nitrogen and oxygen atoms in total. The van der Waals surface area contributed by atoms with Crippen molar-refractivity contribution in [1.82, 2.24) is 10.2 Å². The van der Waals surface area contributed by atoms with Gasteiger partial charge in [-0.25, -0.2) is 4.79 Å². The molecule has 4 rings (SSSR count). The zero-order valence-electron chi connectivity index (χ0n) is 18.9. The molecule has 1 heterocycles. The number of allylic oxidation sites excluding steroid dienone is 3. The molecule has 2 aromatic carbocycles. The first-order valence-corrected chi connectivity index (χ1v) is 11.3. The lowest BCUT2D eigenvalue weighted by atomic mass is 9.61. The average Bonchev–Trinajstić information content (AvgIpc) is 2.84. The predicted molar refractivity (Wildman–Crippen MR) is 126 cm³/mol. The molecule has 4 amide bonds. The summed E-state index contributed by atoms with van der Waals surface area (Å²) in [5.74, 6) is -1.74. The molecule has 2 atom stereocenters. The van der Waals surface area contributed by atoms with E-state index < -0.39 is 29.2 Å². The van der Waals surface area contributed by atoms with Crippen LogP contribution in [0, 0.1) is 5.92 Å². The van der Waals surface area contributed by atoms with Gasteiger partial charge in [-0.2, -0.15) is 0 Å². The van der Waals surface area contributed by atoms with Gasteiger partial charge in [0.15, 0.2) is 5.41 Å². The van der Waals surface area contributed by atoms with Crippen LogP contribution >= 0.6 is 0 Å². The summed E-state index contributed by atoms with van der Waals surface area (Å²) in [5.41, 5.74) is 2.05. The fourth-order valence-corrected chi connectivity index (χ4v) is 4.63. The van der Waals surface area contributed by atoms with Crippen molar-refractivity contribution in [3.8, 4) is 0 Å². The smallest absolute Gasteiger partial charge is 0.330 e. The summed E-state index contributed by atoms with van der Waals surface area (Å²) in [6, 6.07) is 16.5.